The quantitative estimate of drug-likeness (QED) is 0.670. The second-order valence-corrected chi connectivity index (χ2v) is 8.75. The molecule has 1 aromatic heterocycles. The van der Waals surface area contributed by atoms with Crippen LogP contribution in [-0.4, -0.2) is 39.0 Å². The van der Waals surface area contributed by atoms with Crippen molar-refractivity contribution in [1.29, 1.82) is 0 Å². The molecule has 6 heteroatoms. The van der Waals surface area contributed by atoms with Crippen molar-refractivity contribution in [3.8, 4) is 16.9 Å². The molecule has 0 spiro atoms. The minimum Gasteiger partial charge on any atom is -0.550 e. The van der Waals surface area contributed by atoms with Crippen molar-refractivity contribution >= 4 is 5.97 Å². The van der Waals surface area contributed by atoms with Crippen LogP contribution in [0.1, 0.15) is 31.9 Å². The van der Waals surface area contributed by atoms with E-state index in [0.29, 0.717) is 13.1 Å². The molecule has 1 fully saturated rings. The summed E-state index contributed by atoms with van der Waals surface area (Å²) in [5, 5.41) is 19.4. The van der Waals surface area contributed by atoms with Crippen molar-refractivity contribution < 1.29 is 9.90 Å². The molecule has 1 saturated heterocycles. The van der Waals surface area contributed by atoms with Crippen LogP contribution in [-0.2, 0) is 16.8 Å². The van der Waals surface area contributed by atoms with E-state index in [1.165, 1.54) is 5.56 Å². The first-order valence-corrected chi connectivity index (χ1v) is 9.85. The fourth-order valence-corrected chi connectivity index (χ4v) is 3.52. The molecule has 29 heavy (non-hydrogen) atoms. The van der Waals surface area contributed by atoms with Gasteiger partial charge in [0, 0.05) is 37.1 Å². The molecule has 1 aliphatic heterocycles. The van der Waals surface area contributed by atoms with E-state index in [4.69, 9.17) is 0 Å². The van der Waals surface area contributed by atoms with E-state index in [0.717, 1.165) is 29.1 Å². The number of benzene rings is 2. The van der Waals surface area contributed by atoms with Crippen LogP contribution in [0.5, 0.6) is 0 Å². The van der Waals surface area contributed by atoms with Gasteiger partial charge in [-0.15, -0.1) is 5.10 Å². The maximum absolute atomic E-state index is 10.8. The lowest BCUT2D eigenvalue weighted by Crippen LogP contribution is -2.53. The molecular weight excluding hydrogens is 364 g/mol. The van der Waals surface area contributed by atoms with Crippen LogP contribution < -0.4 is 5.11 Å². The number of likely N-dealkylation sites (tertiary alicyclic amines) is 1. The zero-order valence-corrected chi connectivity index (χ0v) is 17.0. The molecule has 4 rings (SSSR count). The summed E-state index contributed by atoms with van der Waals surface area (Å²) >= 11 is 0. The van der Waals surface area contributed by atoms with Crippen LogP contribution in [0.4, 0.5) is 0 Å². The topological polar surface area (TPSA) is 74.1 Å². The van der Waals surface area contributed by atoms with Crippen molar-refractivity contribution in [2.45, 2.75) is 32.7 Å². The number of carbonyl (C=O) groups is 1. The Bertz CT molecular complexity index is 995. The van der Waals surface area contributed by atoms with E-state index >= 15 is 0 Å². The average molecular weight is 389 g/mol. The summed E-state index contributed by atoms with van der Waals surface area (Å²) in [6, 6.07) is 16.6. The first-order chi connectivity index (χ1) is 13.8. The number of hydrogen-bond acceptors (Lipinski definition) is 5. The number of aromatic nitrogens is 3. The maximum Gasteiger partial charge on any atom is 0.113 e. The summed E-state index contributed by atoms with van der Waals surface area (Å²) in [4.78, 5) is 12.9. The summed E-state index contributed by atoms with van der Waals surface area (Å²) in [7, 11) is 0. The number of rotatable bonds is 5. The van der Waals surface area contributed by atoms with E-state index < -0.39 is 5.97 Å². The van der Waals surface area contributed by atoms with Gasteiger partial charge in [0.05, 0.1) is 11.9 Å². The van der Waals surface area contributed by atoms with E-state index in [-0.39, 0.29) is 11.3 Å². The lowest BCUT2D eigenvalue weighted by Gasteiger charge is -2.39. The summed E-state index contributed by atoms with van der Waals surface area (Å²) in [6.45, 7) is 8.46. The standard InChI is InChI=1S/C23H26N4O2/c1-23(2,3)19-8-10-20(11-9-19)27-15-21(24-25-27)17-6-4-16(5-7-17)12-26-13-18(14-26)22(28)29/h4-11,15,18H,12-14H2,1-3H3,(H,28,29)/p-1. The molecule has 0 aliphatic carbocycles. The van der Waals surface area contributed by atoms with Crippen molar-refractivity contribution in [1.82, 2.24) is 19.9 Å². The van der Waals surface area contributed by atoms with Crippen LogP contribution in [0.2, 0.25) is 0 Å². The Morgan fingerprint density at radius 3 is 2.31 bits per heavy atom. The van der Waals surface area contributed by atoms with Crippen LogP contribution in [0.25, 0.3) is 16.9 Å². The molecule has 0 unspecified atom stereocenters. The van der Waals surface area contributed by atoms with Gasteiger partial charge in [0.25, 0.3) is 0 Å². The van der Waals surface area contributed by atoms with Crippen molar-refractivity contribution in [3.63, 3.8) is 0 Å². The van der Waals surface area contributed by atoms with Crippen LogP contribution in [0.3, 0.4) is 0 Å². The SMILES string of the molecule is CC(C)(C)c1ccc(-n2cc(-c3ccc(CN4CC(C(=O)[O-])C4)cc3)nn2)cc1. The minimum absolute atomic E-state index is 0.120. The molecule has 0 atom stereocenters. The molecule has 3 aromatic rings. The highest BCUT2D eigenvalue weighted by atomic mass is 16.4. The number of carboxylic acid groups (broad SMARTS) is 1. The van der Waals surface area contributed by atoms with Gasteiger partial charge in [-0.25, -0.2) is 4.68 Å². The van der Waals surface area contributed by atoms with Gasteiger partial charge in [-0.2, -0.15) is 0 Å². The van der Waals surface area contributed by atoms with Gasteiger partial charge in [-0.1, -0.05) is 62.4 Å². The Kier molecular flexibility index (Phi) is 4.96. The Balaban J connectivity index is 1.42. The molecule has 6 nitrogen and oxygen atoms in total. The number of hydrogen-bond donors (Lipinski definition) is 0. The third-order valence-electron chi connectivity index (χ3n) is 5.44. The number of nitrogens with zero attached hydrogens (tertiary/aromatic N) is 4. The van der Waals surface area contributed by atoms with Crippen LogP contribution >= 0.6 is 0 Å². The van der Waals surface area contributed by atoms with Gasteiger partial charge in [0.1, 0.15) is 5.69 Å². The lowest BCUT2D eigenvalue weighted by atomic mass is 9.87. The third kappa shape index (κ3) is 4.22. The molecule has 0 N–H and O–H groups in total. The molecule has 2 aromatic carbocycles. The number of carbonyl (C=O) groups excluding carboxylic acids is 1. The molecule has 150 valence electrons. The zero-order valence-electron chi connectivity index (χ0n) is 17.0. The molecule has 0 bridgehead atoms. The van der Waals surface area contributed by atoms with E-state index in [1.807, 2.05) is 18.3 Å². The van der Waals surface area contributed by atoms with Gasteiger partial charge in [0.15, 0.2) is 0 Å². The van der Waals surface area contributed by atoms with E-state index in [2.05, 4.69) is 72.4 Å². The Hall–Kier alpha value is -2.99. The second-order valence-electron chi connectivity index (χ2n) is 8.75. The van der Waals surface area contributed by atoms with E-state index in [1.54, 1.807) is 4.68 Å². The fourth-order valence-electron chi connectivity index (χ4n) is 3.52. The van der Waals surface area contributed by atoms with Gasteiger partial charge >= 0.3 is 0 Å². The molecule has 1 aliphatic rings. The van der Waals surface area contributed by atoms with Crippen molar-refractivity contribution in [2.24, 2.45) is 5.92 Å². The first kappa shape index (κ1) is 19.3. The third-order valence-corrected chi connectivity index (χ3v) is 5.44. The predicted molar refractivity (Wildman–Crippen MR) is 109 cm³/mol. The average Bonchev–Trinajstić information content (AvgIpc) is 3.14. The molecular formula is C23H25N4O2-. The van der Waals surface area contributed by atoms with Gasteiger partial charge < -0.3 is 9.90 Å². The largest absolute Gasteiger partial charge is 0.550 e. The van der Waals surface area contributed by atoms with Crippen molar-refractivity contribution in [3.05, 3.63) is 65.9 Å². The summed E-state index contributed by atoms with van der Waals surface area (Å²) in [5.41, 5.74) is 5.35. The maximum atomic E-state index is 10.8. The second kappa shape index (κ2) is 7.44. The lowest BCUT2D eigenvalue weighted by molar-refractivity contribution is -0.315. The summed E-state index contributed by atoms with van der Waals surface area (Å²) in [5.74, 6) is -1.28. The molecule has 2 heterocycles. The van der Waals surface area contributed by atoms with Gasteiger partial charge in [-0.05, 0) is 28.7 Å². The molecule has 0 radical (unpaired) electrons. The molecule has 0 amide bonds. The van der Waals surface area contributed by atoms with Crippen LogP contribution in [0, 0.1) is 5.92 Å². The predicted octanol–water partition coefficient (Wildman–Crippen LogP) is 2.41. The Labute approximate surface area is 170 Å². The Morgan fingerprint density at radius 2 is 1.72 bits per heavy atom. The highest BCUT2D eigenvalue weighted by Gasteiger charge is 2.27. The Morgan fingerprint density at radius 1 is 1.07 bits per heavy atom. The van der Waals surface area contributed by atoms with Crippen molar-refractivity contribution in [2.75, 3.05) is 13.1 Å². The highest BCUT2D eigenvalue weighted by Crippen LogP contribution is 2.24. The summed E-state index contributed by atoms with van der Waals surface area (Å²) < 4.78 is 1.79. The number of carboxylic acids is 1. The number of aliphatic carboxylic acids is 1. The normalized spacial score (nSPS) is 15.3. The highest BCUT2D eigenvalue weighted by molar-refractivity contribution is 5.69. The first-order valence-electron chi connectivity index (χ1n) is 9.85. The van der Waals surface area contributed by atoms with Gasteiger partial charge in [0.2, 0.25) is 0 Å². The zero-order chi connectivity index (χ0) is 20.6. The monoisotopic (exact) mass is 389 g/mol. The van der Waals surface area contributed by atoms with Crippen LogP contribution in [0.15, 0.2) is 54.7 Å². The molecule has 0 saturated carbocycles. The summed E-state index contributed by atoms with van der Waals surface area (Å²) in [6.07, 6.45) is 1.93. The van der Waals surface area contributed by atoms with Gasteiger partial charge in [-0.3, -0.25) is 4.90 Å². The smallest absolute Gasteiger partial charge is 0.113 e. The fraction of sp³-hybridized carbons (Fsp3) is 0.348. The van der Waals surface area contributed by atoms with E-state index in [9.17, 15) is 9.90 Å². The minimum atomic E-state index is -0.951.